The fourth-order valence-electron chi connectivity index (χ4n) is 1.000. The normalized spacial score (nSPS) is 10.3. The summed E-state index contributed by atoms with van der Waals surface area (Å²) in [5.74, 6) is 0.211. The van der Waals surface area contributed by atoms with Crippen LogP contribution < -0.4 is 5.73 Å². The van der Waals surface area contributed by atoms with Crippen molar-refractivity contribution in [2.75, 3.05) is 5.73 Å². The van der Waals surface area contributed by atoms with Gasteiger partial charge in [0.2, 0.25) is 5.40 Å². The first-order chi connectivity index (χ1) is 6.93. The van der Waals surface area contributed by atoms with Gasteiger partial charge in [-0.1, -0.05) is 0 Å². The molecule has 7 nitrogen and oxygen atoms in total. The average Bonchev–Trinajstić information content (AvgIpc) is 2.08. The Balaban J connectivity index is 3.36. The van der Waals surface area contributed by atoms with Crippen molar-refractivity contribution in [1.29, 1.82) is 0 Å². The van der Waals surface area contributed by atoms with Gasteiger partial charge in [0, 0.05) is 11.8 Å². The van der Waals surface area contributed by atoms with Gasteiger partial charge in [0.05, 0.1) is 0 Å². The summed E-state index contributed by atoms with van der Waals surface area (Å²) in [4.78, 5) is 7.39. The minimum absolute atomic E-state index is 0.104. The van der Waals surface area contributed by atoms with E-state index in [9.17, 15) is 18.3 Å². The smallest absolute Gasteiger partial charge is 0.338 e. The van der Waals surface area contributed by atoms with Gasteiger partial charge in [0.1, 0.15) is 11.6 Å². The maximum atomic E-state index is 10.7. The second kappa shape index (κ2) is 4.47. The molecule has 1 aromatic heterocycles. The number of hydrogen-bond acceptors (Lipinski definition) is 7. The maximum Gasteiger partial charge on any atom is 0.338 e. The van der Waals surface area contributed by atoms with Gasteiger partial charge in [-0.05, 0) is 6.92 Å². The van der Waals surface area contributed by atoms with Crippen LogP contribution in [0.15, 0.2) is 6.20 Å². The van der Waals surface area contributed by atoms with Crippen LogP contribution in [-0.2, 0) is 18.3 Å². The highest BCUT2D eigenvalue weighted by molar-refractivity contribution is 7.50. The van der Waals surface area contributed by atoms with Gasteiger partial charge in [-0.3, -0.25) is 0 Å². The average molecular weight is 247 g/mol. The lowest BCUT2D eigenvalue weighted by Crippen LogP contribution is -2.01. The molecule has 0 atom stereocenters. The van der Waals surface area contributed by atoms with Crippen LogP contribution in [0.25, 0.3) is 0 Å². The number of aromatic nitrogens is 2. The molecule has 0 amide bonds. The number of anilines is 1. The second-order valence-corrected chi connectivity index (χ2v) is 5.28. The van der Waals surface area contributed by atoms with Crippen LogP contribution in [0.3, 0.4) is 0 Å². The molecule has 1 rings (SSSR count). The first-order valence-corrected chi connectivity index (χ1v) is 6.29. The van der Waals surface area contributed by atoms with Gasteiger partial charge < -0.3 is 5.73 Å². The SMILES string of the molecule is Cc1ncc(C(P(=O)=O)P(=O)=O)c(N)n1. The van der Waals surface area contributed by atoms with Gasteiger partial charge in [0.25, 0.3) is 0 Å². The van der Waals surface area contributed by atoms with Crippen molar-refractivity contribution in [2.45, 2.75) is 12.3 Å². The maximum absolute atomic E-state index is 10.7. The molecule has 15 heavy (non-hydrogen) atoms. The van der Waals surface area contributed by atoms with Crippen molar-refractivity contribution in [3.63, 3.8) is 0 Å². The lowest BCUT2D eigenvalue weighted by Gasteiger charge is -2.03. The molecule has 0 fully saturated rings. The summed E-state index contributed by atoms with van der Waals surface area (Å²) in [7, 11) is -6.32. The Labute approximate surface area is 85.8 Å². The molecule has 0 aliphatic rings. The molecule has 0 aromatic carbocycles. The van der Waals surface area contributed by atoms with Crippen LogP contribution in [0.2, 0.25) is 0 Å². The topological polar surface area (TPSA) is 120 Å². The summed E-state index contributed by atoms with van der Waals surface area (Å²) < 4.78 is 42.9. The number of nitrogens with zero attached hydrogens (tertiary/aromatic N) is 2. The van der Waals surface area contributed by atoms with E-state index in [0.29, 0.717) is 5.82 Å². The van der Waals surface area contributed by atoms with Crippen LogP contribution in [0.1, 0.15) is 16.8 Å². The Morgan fingerprint density at radius 1 is 1.27 bits per heavy atom. The van der Waals surface area contributed by atoms with E-state index in [1.807, 2.05) is 0 Å². The van der Waals surface area contributed by atoms with E-state index in [0.717, 1.165) is 6.20 Å². The first-order valence-electron chi connectivity index (χ1n) is 3.79. The number of rotatable bonds is 3. The number of nitrogens with two attached hydrogens (primary N) is 1. The summed E-state index contributed by atoms with van der Waals surface area (Å²) in [6.45, 7) is 1.56. The molecule has 0 saturated heterocycles. The molecule has 0 aliphatic carbocycles. The van der Waals surface area contributed by atoms with E-state index in [1.165, 1.54) is 0 Å². The Morgan fingerprint density at radius 2 is 1.80 bits per heavy atom. The Morgan fingerprint density at radius 3 is 2.20 bits per heavy atom. The molecule has 0 aliphatic heterocycles. The molecule has 80 valence electrons. The predicted molar refractivity (Wildman–Crippen MR) is 50.5 cm³/mol. The van der Waals surface area contributed by atoms with E-state index >= 15 is 0 Å². The zero-order valence-corrected chi connectivity index (χ0v) is 9.44. The zero-order chi connectivity index (χ0) is 11.6. The van der Waals surface area contributed by atoms with Crippen LogP contribution in [0.4, 0.5) is 5.82 Å². The highest BCUT2D eigenvalue weighted by Crippen LogP contribution is 2.46. The fourth-order valence-corrected chi connectivity index (χ4v) is 2.47. The third-order valence-corrected chi connectivity index (χ3v) is 4.13. The lowest BCUT2D eigenvalue weighted by atomic mass is 10.3. The standard InChI is InChI=1S/C6H7N3O4P2/c1-3-8-2-4(5(7)9-3)6(14(10)11)15(12)13/h2,6H,1H3,(H2,7,8,9). The predicted octanol–water partition coefficient (Wildman–Crippen LogP) is 1.71. The molecular weight excluding hydrogens is 240 g/mol. The molecule has 0 saturated carbocycles. The number of aryl methyl sites for hydroxylation is 1. The van der Waals surface area contributed by atoms with Crippen molar-refractivity contribution in [3.8, 4) is 0 Å². The van der Waals surface area contributed by atoms with E-state index in [1.54, 1.807) is 6.92 Å². The molecule has 1 heterocycles. The van der Waals surface area contributed by atoms with Crippen LogP contribution in [0.5, 0.6) is 0 Å². The molecule has 1 aromatic rings. The molecule has 9 heteroatoms. The second-order valence-electron chi connectivity index (χ2n) is 2.70. The van der Waals surface area contributed by atoms with Gasteiger partial charge in [-0.25, -0.2) is 28.2 Å². The van der Waals surface area contributed by atoms with Gasteiger partial charge in [0.15, 0.2) is 0 Å². The highest BCUT2D eigenvalue weighted by atomic mass is 31.1. The van der Waals surface area contributed by atoms with Crippen molar-refractivity contribution < 1.29 is 18.3 Å². The largest absolute Gasteiger partial charge is 0.383 e. The third-order valence-electron chi connectivity index (χ3n) is 1.65. The molecular formula is C6H7N3O4P2. The minimum Gasteiger partial charge on any atom is -0.383 e. The van der Waals surface area contributed by atoms with E-state index in [2.05, 4.69) is 9.97 Å². The van der Waals surface area contributed by atoms with Crippen molar-refractivity contribution >= 4 is 21.2 Å². The summed E-state index contributed by atoms with van der Waals surface area (Å²) in [5.41, 5.74) is 5.31. The van der Waals surface area contributed by atoms with Crippen LogP contribution in [-0.4, -0.2) is 9.97 Å². The Bertz CT molecular complexity index is 485. The molecule has 0 spiro atoms. The first kappa shape index (κ1) is 11.8. The van der Waals surface area contributed by atoms with Gasteiger partial charge in [-0.15, -0.1) is 0 Å². The minimum atomic E-state index is -3.16. The summed E-state index contributed by atoms with van der Waals surface area (Å²) >= 11 is 0. The Hall–Kier alpha value is -1.32. The molecule has 0 unspecified atom stereocenters. The summed E-state index contributed by atoms with van der Waals surface area (Å²) in [6, 6.07) is 0. The Kier molecular flexibility index (Phi) is 3.50. The van der Waals surface area contributed by atoms with Crippen LogP contribution in [0, 0.1) is 6.92 Å². The summed E-state index contributed by atoms with van der Waals surface area (Å²) in [5, 5.41) is -1.66. The lowest BCUT2D eigenvalue weighted by molar-refractivity contribution is 0.498. The molecule has 0 radical (unpaired) electrons. The zero-order valence-electron chi connectivity index (χ0n) is 7.65. The van der Waals surface area contributed by atoms with Gasteiger partial charge >= 0.3 is 15.4 Å². The number of nitrogen functional groups attached to an aromatic ring is 1. The molecule has 0 bridgehead atoms. The highest BCUT2D eigenvalue weighted by Gasteiger charge is 2.27. The third kappa shape index (κ3) is 2.58. The van der Waals surface area contributed by atoms with E-state index in [-0.39, 0.29) is 11.4 Å². The molecule has 2 N–H and O–H groups in total. The monoisotopic (exact) mass is 247 g/mol. The summed E-state index contributed by atoms with van der Waals surface area (Å²) in [6.07, 6.45) is 1.11. The van der Waals surface area contributed by atoms with E-state index in [4.69, 9.17) is 5.73 Å². The number of hydrogen-bond donors (Lipinski definition) is 1. The van der Waals surface area contributed by atoms with Gasteiger partial charge in [-0.2, -0.15) is 0 Å². The fraction of sp³-hybridized carbons (Fsp3) is 0.333. The van der Waals surface area contributed by atoms with Crippen LogP contribution >= 0.6 is 15.4 Å². The van der Waals surface area contributed by atoms with Crippen molar-refractivity contribution in [3.05, 3.63) is 17.6 Å². The quantitative estimate of drug-likeness (QED) is 0.806. The van der Waals surface area contributed by atoms with E-state index < -0.39 is 20.8 Å². The van der Waals surface area contributed by atoms with Crippen molar-refractivity contribution in [2.24, 2.45) is 0 Å². The van der Waals surface area contributed by atoms with Crippen molar-refractivity contribution in [1.82, 2.24) is 9.97 Å².